The van der Waals surface area contributed by atoms with E-state index in [1.807, 2.05) is 48.5 Å². The molecule has 0 fully saturated rings. The molecule has 0 N–H and O–H groups in total. The lowest BCUT2D eigenvalue weighted by atomic mass is 10.1. The first-order chi connectivity index (χ1) is 8.79. The van der Waals surface area contributed by atoms with Gasteiger partial charge >= 0.3 is 0 Å². The van der Waals surface area contributed by atoms with Crippen molar-refractivity contribution in [2.45, 2.75) is 0 Å². The summed E-state index contributed by atoms with van der Waals surface area (Å²) in [6.07, 6.45) is 0. The Hall–Kier alpha value is -2.35. The molecule has 0 saturated heterocycles. The summed E-state index contributed by atoms with van der Waals surface area (Å²) in [7, 11) is 1.60. The molecule has 3 aromatic carbocycles. The SMILES string of the molecule is COc1ccc2ccc3ccccc3c(=O)c2c1. The van der Waals surface area contributed by atoms with Crippen LogP contribution in [0.1, 0.15) is 0 Å². The second-order valence-electron chi connectivity index (χ2n) is 4.20. The molecule has 0 aliphatic rings. The van der Waals surface area contributed by atoms with E-state index in [1.54, 1.807) is 13.2 Å². The third-order valence-electron chi connectivity index (χ3n) is 3.15. The van der Waals surface area contributed by atoms with E-state index in [-0.39, 0.29) is 5.43 Å². The molecular formula is C16H12O2. The quantitative estimate of drug-likeness (QED) is 0.647. The summed E-state index contributed by atoms with van der Waals surface area (Å²) in [5, 5.41) is 3.31. The number of hydrogen-bond acceptors (Lipinski definition) is 2. The Morgan fingerprint density at radius 3 is 2.28 bits per heavy atom. The molecule has 0 amide bonds. The van der Waals surface area contributed by atoms with Crippen molar-refractivity contribution < 1.29 is 4.74 Å². The second kappa shape index (κ2) is 4.15. The smallest absolute Gasteiger partial charge is 0.194 e. The van der Waals surface area contributed by atoms with Crippen molar-refractivity contribution in [3.05, 3.63) is 64.8 Å². The van der Waals surface area contributed by atoms with E-state index in [2.05, 4.69) is 0 Å². The molecule has 0 aliphatic heterocycles. The molecule has 0 aliphatic carbocycles. The van der Waals surface area contributed by atoms with Crippen LogP contribution in [0.25, 0.3) is 21.5 Å². The molecule has 0 atom stereocenters. The fourth-order valence-corrected chi connectivity index (χ4v) is 2.18. The Labute approximate surface area is 104 Å². The van der Waals surface area contributed by atoms with Crippen LogP contribution < -0.4 is 10.2 Å². The van der Waals surface area contributed by atoms with Crippen LogP contribution in [0, 0.1) is 0 Å². The molecule has 88 valence electrons. The van der Waals surface area contributed by atoms with Crippen molar-refractivity contribution in [2.24, 2.45) is 0 Å². The van der Waals surface area contributed by atoms with Gasteiger partial charge < -0.3 is 4.74 Å². The van der Waals surface area contributed by atoms with Gasteiger partial charge in [0.1, 0.15) is 5.75 Å². The summed E-state index contributed by atoms with van der Waals surface area (Å²) in [5.41, 5.74) is 0.0458. The van der Waals surface area contributed by atoms with Gasteiger partial charge in [-0.3, -0.25) is 4.79 Å². The normalized spacial score (nSPS) is 10.7. The Morgan fingerprint density at radius 2 is 1.50 bits per heavy atom. The molecule has 3 rings (SSSR count). The first-order valence-electron chi connectivity index (χ1n) is 5.79. The van der Waals surface area contributed by atoms with Crippen LogP contribution in [0.4, 0.5) is 0 Å². The maximum absolute atomic E-state index is 12.5. The maximum atomic E-state index is 12.5. The van der Waals surface area contributed by atoms with Crippen molar-refractivity contribution in [2.75, 3.05) is 7.11 Å². The molecule has 0 radical (unpaired) electrons. The topological polar surface area (TPSA) is 26.3 Å². The minimum Gasteiger partial charge on any atom is -0.497 e. The first kappa shape index (κ1) is 10.8. The zero-order chi connectivity index (χ0) is 12.5. The van der Waals surface area contributed by atoms with E-state index < -0.39 is 0 Å². The summed E-state index contributed by atoms with van der Waals surface area (Å²) in [4.78, 5) is 12.5. The third kappa shape index (κ3) is 1.63. The predicted molar refractivity (Wildman–Crippen MR) is 74.3 cm³/mol. The molecule has 2 heteroatoms. The molecule has 2 nitrogen and oxygen atoms in total. The number of benzene rings is 2. The van der Waals surface area contributed by atoms with Gasteiger partial charge in [-0.05, 0) is 22.9 Å². The van der Waals surface area contributed by atoms with E-state index >= 15 is 0 Å². The van der Waals surface area contributed by atoms with Crippen LogP contribution in [0.15, 0.2) is 59.4 Å². The average molecular weight is 236 g/mol. The monoisotopic (exact) mass is 236 g/mol. The lowest BCUT2D eigenvalue weighted by molar-refractivity contribution is 0.415. The molecule has 0 unspecified atom stereocenters. The van der Waals surface area contributed by atoms with Crippen molar-refractivity contribution >= 4 is 21.5 Å². The van der Waals surface area contributed by atoms with Gasteiger partial charge in [0.2, 0.25) is 0 Å². The Balaban J connectivity index is 2.56. The van der Waals surface area contributed by atoms with E-state index in [4.69, 9.17) is 4.74 Å². The van der Waals surface area contributed by atoms with Gasteiger partial charge in [-0.15, -0.1) is 0 Å². The minimum atomic E-state index is 0.0458. The van der Waals surface area contributed by atoms with E-state index in [0.29, 0.717) is 11.1 Å². The van der Waals surface area contributed by atoms with E-state index in [0.717, 1.165) is 16.2 Å². The maximum Gasteiger partial charge on any atom is 0.194 e. The molecule has 3 aromatic rings. The Kier molecular flexibility index (Phi) is 2.49. The lowest BCUT2D eigenvalue weighted by Gasteiger charge is -1.99. The van der Waals surface area contributed by atoms with Gasteiger partial charge in [-0.25, -0.2) is 0 Å². The van der Waals surface area contributed by atoms with Crippen LogP contribution in [-0.4, -0.2) is 7.11 Å². The number of fused-ring (bicyclic) bond motifs is 2. The number of hydrogen-bond donors (Lipinski definition) is 0. The third-order valence-corrected chi connectivity index (χ3v) is 3.15. The fraction of sp³-hybridized carbons (Fsp3) is 0.0625. The summed E-state index contributed by atoms with van der Waals surface area (Å²) in [5.74, 6) is 0.704. The lowest BCUT2D eigenvalue weighted by Crippen LogP contribution is -1.98. The Morgan fingerprint density at radius 1 is 0.833 bits per heavy atom. The minimum absolute atomic E-state index is 0.0458. The summed E-state index contributed by atoms with van der Waals surface area (Å²) >= 11 is 0. The van der Waals surface area contributed by atoms with Crippen LogP contribution >= 0.6 is 0 Å². The summed E-state index contributed by atoms with van der Waals surface area (Å²) in [6, 6.07) is 17.2. The molecular weight excluding hydrogens is 224 g/mol. The molecule has 18 heavy (non-hydrogen) atoms. The van der Waals surface area contributed by atoms with Gasteiger partial charge in [0.25, 0.3) is 0 Å². The van der Waals surface area contributed by atoms with E-state index in [9.17, 15) is 4.79 Å². The number of ether oxygens (including phenoxy) is 1. The predicted octanol–water partition coefficient (Wildman–Crippen LogP) is 3.36. The van der Waals surface area contributed by atoms with Crippen molar-refractivity contribution in [3.63, 3.8) is 0 Å². The Bertz CT molecular complexity index is 791. The number of methoxy groups -OCH3 is 1. The summed E-state index contributed by atoms with van der Waals surface area (Å²) in [6.45, 7) is 0. The van der Waals surface area contributed by atoms with Crippen LogP contribution in [-0.2, 0) is 0 Å². The molecule has 0 spiro atoms. The van der Waals surface area contributed by atoms with Crippen LogP contribution in [0.5, 0.6) is 5.75 Å². The summed E-state index contributed by atoms with van der Waals surface area (Å²) < 4.78 is 5.18. The van der Waals surface area contributed by atoms with Crippen molar-refractivity contribution in [1.29, 1.82) is 0 Å². The molecule has 0 heterocycles. The van der Waals surface area contributed by atoms with Crippen LogP contribution in [0.3, 0.4) is 0 Å². The highest BCUT2D eigenvalue weighted by molar-refractivity contribution is 5.93. The van der Waals surface area contributed by atoms with Crippen molar-refractivity contribution in [3.8, 4) is 5.75 Å². The molecule has 0 bridgehead atoms. The zero-order valence-corrected chi connectivity index (χ0v) is 10.0. The van der Waals surface area contributed by atoms with Gasteiger partial charge in [-0.2, -0.15) is 0 Å². The number of rotatable bonds is 1. The molecule has 0 saturated carbocycles. The highest BCUT2D eigenvalue weighted by Gasteiger charge is 2.03. The van der Waals surface area contributed by atoms with Gasteiger partial charge in [0, 0.05) is 10.8 Å². The highest BCUT2D eigenvalue weighted by Crippen LogP contribution is 2.19. The highest BCUT2D eigenvalue weighted by atomic mass is 16.5. The average Bonchev–Trinajstić information content (AvgIpc) is 2.57. The van der Waals surface area contributed by atoms with Gasteiger partial charge in [0.15, 0.2) is 5.43 Å². The first-order valence-corrected chi connectivity index (χ1v) is 5.79. The standard InChI is InChI=1S/C16H12O2/c1-18-13-9-8-12-7-6-11-4-2-3-5-14(11)16(17)15(12)10-13/h2-10H,1H3. The zero-order valence-electron chi connectivity index (χ0n) is 10.0. The van der Waals surface area contributed by atoms with Crippen LogP contribution in [0.2, 0.25) is 0 Å². The van der Waals surface area contributed by atoms with Gasteiger partial charge in [-0.1, -0.05) is 42.5 Å². The van der Waals surface area contributed by atoms with Crippen molar-refractivity contribution in [1.82, 2.24) is 0 Å². The second-order valence-corrected chi connectivity index (χ2v) is 4.20. The van der Waals surface area contributed by atoms with E-state index in [1.165, 1.54) is 0 Å². The van der Waals surface area contributed by atoms with Gasteiger partial charge in [0.05, 0.1) is 7.11 Å². The largest absolute Gasteiger partial charge is 0.497 e. The molecule has 0 aromatic heterocycles. The fourth-order valence-electron chi connectivity index (χ4n) is 2.18.